The van der Waals surface area contributed by atoms with Gasteiger partial charge in [0.25, 0.3) is 0 Å². The molecule has 0 N–H and O–H groups in total. The Morgan fingerprint density at radius 3 is 2.44 bits per heavy atom. The van der Waals surface area contributed by atoms with E-state index in [4.69, 9.17) is 9.47 Å². The van der Waals surface area contributed by atoms with Crippen LogP contribution >= 0.6 is 0 Å². The van der Waals surface area contributed by atoms with Crippen molar-refractivity contribution in [2.24, 2.45) is 52.3 Å². The maximum Gasteiger partial charge on any atom is 0.225 e. The third kappa shape index (κ3) is 5.64. The van der Waals surface area contributed by atoms with E-state index in [1.807, 2.05) is 4.90 Å². The van der Waals surface area contributed by atoms with Crippen molar-refractivity contribution < 1.29 is 14.3 Å². The number of rotatable bonds is 9. The smallest absolute Gasteiger partial charge is 0.225 e. The summed E-state index contributed by atoms with van der Waals surface area (Å²) < 4.78 is 13.5. The maximum absolute atomic E-state index is 12.9. The second-order valence-corrected chi connectivity index (χ2v) is 16.2. The number of carbonyl (C=O) groups excluding carboxylic acids is 1. The fraction of sp³-hybridized carbons (Fsp3) is 0.821. The van der Waals surface area contributed by atoms with Crippen LogP contribution in [0, 0.1) is 59.2 Å². The van der Waals surface area contributed by atoms with Crippen LogP contribution in [-0.4, -0.2) is 42.2 Å². The van der Waals surface area contributed by atoms with E-state index in [1.54, 1.807) is 0 Å². The van der Waals surface area contributed by atoms with Gasteiger partial charge in [-0.25, -0.2) is 0 Å². The lowest BCUT2D eigenvalue weighted by Crippen LogP contribution is -2.54. The summed E-state index contributed by atoms with van der Waals surface area (Å²) in [5.74, 6) is 5.08. The third-order valence-corrected chi connectivity index (χ3v) is 14.2. The van der Waals surface area contributed by atoms with Gasteiger partial charge in [0.2, 0.25) is 5.91 Å². The molecule has 1 aromatic rings. The molecule has 0 bridgehead atoms. The average Bonchev–Trinajstić information content (AvgIpc) is 3.48. The summed E-state index contributed by atoms with van der Waals surface area (Å²) in [6, 6.07) is 8.86. The second-order valence-electron chi connectivity index (χ2n) is 16.2. The third-order valence-electron chi connectivity index (χ3n) is 14.2. The molecule has 4 nitrogen and oxygen atoms in total. The predicted molar refractivity (Wildman–Crippen MR) is 175 cm³/mol. The molecule has 12 atom stereocenters. The molecule has 240 valence electrons. The number of fused-ring (bicyclic) bond motifs is 7. The highest BCUT2D eigenvalue weighted by molar-refractivity contribution is 5.78. The summed E-state index contributed by atoms with van der Waals surface area (Å²) in [6.07, 6.45) is 13.9. The molecular weight excluding hydrogens is 530 g/mol. The number of amides is 1. The van der Waals surface area contributed by atoms with Gasteiger partial charge in [0.05, 0.1) is 24.9 Å². The van der Waals surface area contributed by atoms with E-state index in [0.29, 0.717) is 46.9 Å². The second kappa shape index (κ2) is 12.4. The predicted octanol–water partition coefficient (Wildman–Crippen LogP) is 8.84. The van der Waals surface area contributed by atoms with E-state index < -0.39 is 0 Å². The Morgan fingerprint density at radius 1 is 1.00 bits per heavy atom. The van der Waals surface area contributed by atoms with Crippen molar-refractivity contribution in [3.05, 3.63) is 35.4 Å². The van der Waals surface area contributed by atoms with Gasteiger partial charge in [-0.15, -0.1) is 0 Å². The lowest BCUT2D eigenvalue weighted by molar-refractivity contribution is -0.139. The average molecular weight is 592 g/mol. The quantitative estimate of drug-likeness (QED) is 0.288. The molecule has 5 aliphatic rings. The minimum atomic E-state index is 0.0916. The Balaban J connectivity index is 1.06. The zero-order chi connectivity index (χ0) is 30.5. The Hall–Kier alpha value is -1.39. The Morgan fingerprint density at radius 2 is 1.72 bits per heavy atom. The maximum atomic E-state index is 12.9. The largest absolute Gasteiger partial charge is 0.374 e. The number of benzene rings is 1. The molecule has 43 heavy (non-hydrogen) atoms. The highest BCUT2D eigenvalue weighted by atomic mass is 16.5. The zero-order valence-corrected chi connectivity index (χ0v) is 28.4. The Kier molecular flexibility index (Phi) is 9.13. The van der Waals surface area contributed by atoms with Gasteiger partial charge in [-0.3, -0.25) is 4.79 Å². The molecule has 0 spiro atoms. The van der Waals surface area contributed by atoms with Crippen LogP contribution in [0.1, 0.15) is 117 Å². The molecular formula is C39H61NO3. The summed E-state index contributed by atoms with van der Waals surface area (Å²) in [7, 11) is 0. The molecule has 1 saturated heterocycles. The van der Waals surface area contributed by atoms with E-state index >= 15 is 0 Å². The monoisotopic (exact) mass is 591 g/mol. The molecule has 1 aromatic carbocycles. The van der Waals surface area contributed by atoms with Crippen LogP contribution in [0.5, 0.6) is 0 Å². The number of ether oxygens (including phenoxy) is 2. The minimum Gasteiger partial charge on any atom is -0.374 e. The van der Waals surface area contributed by atoms with Crippen LogP contribution in [0.25, 0.3) is 0 Å². The van der Waals surface area contributed by atoms with Crippen molar-refractivity contribution in [2.75, 3.05) is 13.1 Å². The number of aryl methyl sites for hydroxylation is 1. The SMILES string of the molecule is CCN(CC)C(=O)[C@@H](C)CC[C@H]1O[C@H]2C[C@H]3[C@@H]4CC[C@@H]5C[C@@H](OCc6ccc(C)cc6)CC[C@]5(C)[C@H]4CC[C@]3(C)[C@H]2[C@@H]1C. The summed E-state index contributed by atoms with van der Waals surface area (Å²) in [5.41, 5.74) is 3.52. The lowest BCUT2D eigenvalue weighted by atomic mass is 9.44. The van der Waals surface area contributed by atoms with Crippen molar-refractivity contribution in [1.29, 1.82) is 0 Å². The number of hydrogen-bond donors (Lipinski definition) is 0. The topological polar surface area (TPSA) is 38.8 Å². The van der Waals surface area contributed by atoms with E-state index in [-0.39, 0.29) is 5.92 Å². The van der Waals surface area contributed by atoms with E-state index in [0.717, 1.165) is 56.2 Å². The lowest BCUT2D eigenvalue weighted by Gasteiger charge is -2.61. The zero-order valence-electron chi connectivity index (χ0n) is 28.4. The first kappa shape index (κ1) is 31.6. The van der Waals surface area contributed by atoms with Gasteiger partial charge in [0.1, 0.15) is 0 Å². The first-order valence-electron chi connectivity index (χ1n) is 18.2. The van der Waals surface area contributed by atoms with Gasteiger partial charge in [-0.05, 0) is 137 Å². The molecule has 4 saturated carbocycles. The van der Waals surface area contributed by atoms with Gasteiger partial charge >= 0.3 is 0 Å². The highest BCUT2D eigenvalue weighted by Gasteiger charge is 2.65. The minimum absolute atomic E-state index is 0.0916. The molecule has 1 aliphatic heterocycles. The first-order valence-corrected chi connectivity index (χ1v) is 18.2. The van der Waals surface area contributed by atoms with Crippen LogP contribution in [0.3, 0.4) is 0 Å². The van der Waals surface area contributed by atoms with Crippen molar-refractivity contribution in [1.82, 2.24) is 4.90 Å². The molecule has 0 unspecified atom stereocenters. The Labute approximate surface area is 263 Å². The molecule has 0 aromatic heterocycles. The highest BCUT2D eigenvalue weighted by Crippen LogP contribution is 2.70. The summed E-state index contributed by atoms with van der Waals surface area (Å²) >= 11 is 0. The number of nitrogens with zero attached hydrogens (tertiary/aromatic N) is 1. The van der Waals surface area contributed by atoms with Gasteiger partial charge in [0, 0.05) is 19.0 Å². The molecule has 5 fully saturated rings. The Bertz CT molecular complexity index is 1110. The van der Waals surface area contributed by atoms with Gasteiger partial charge < -0.3 is 14.4 Å². The summed E-state index contributed by atoms with van der Waals surface area (Å²) in [6.45, 7) is 18.7. The van der Waals surface area contributed by atoms with E-state index in [9.17, 15) is 4.79 Å². The van der Waals surface area contributed by atoms with Crippen molar-refractivity contribution >= 4 is 5.91 Å². The first-order chi connectivity index (χ1) is 20.6. The van der Waals surface area contributed by atoms with Crippen LogP contribution in [0.2, 0.25) is 0 Å². The van der Waals surface area contributed by atoms with Crippen LogP contribution in [0.4, 0.5) is 0 Å². The van der Waals surface area contributed by atoms with E-state index in [2.05, 4.69) is 72.7 Å². The van der Waals surface area contributed by atoms with E-state index in [1.165, 1.54) is 62.5 Å². The number of hydrogen-bond acceptors (Lipinski definition) is 3. The van der Waals surface area contributed by atoms with Gasteiger partial charge in [-0.1, -0.05) is 57.5 Å². The van der Waals surface area contributed by atoms with Gasteiger partial charge in [-0.2, -0.15) is 0 Å². The molecule has 4 heteroatoms. The molecule has 6 rings (SSSR count). The fourth-order valence-electron chi connectivity index (χ4n) is 11.7. The normalized spacial score (nSPS) is 42.4. The molecule has 1 amide bonds. The number of carbonyl (C=O) groups is 1. The van der Waals surface area contributed by atoms with Gasteiger partial charge in [0.15, 0.2) is 0 Å². The fourth-order valence-corrected chi connectivity index (χ4v) is 11.7. The summed E-state index contributed by atoms with van der Waals surface area (Å²) in [5, 5.41) is 0. The molecule has 4 aliphatic carbocycles. The summed E-state index contributed by atoms with van der Waals surface area (Å²) in [4.78, 5) is 14.9. The van der Waals surface area contributed by atoms with Crippen LogP contribution in [0.15, 0.2) is 24.3 Å². The van der Waals surface area contributed by atoms with Crippen molar-refractivity contribution in [2.45, 2.75) is 138 Å². The van der Waals surface area contributed by atoms with Crippen LogP contribution in [-0.2, 0) is 20.9 Å². The molecule has 1 heterocycles. The van der Waals surface area contributed by atoms with Crippen molar-refractivity contribution in [3.8, 4) is 0 Å². The van der Waals surface area contributed by atoms with Crippen molar-refractivity contribution in [3.63, 3.8) is 0 Å². The molecule has 0 radical (unpaired) electrons. The standard InChI is InChI=1S/C39H61NO3/c1-8-40(9-2)37(41)26(4)12-17-34-27(5)36-35(43-34)23-33-31-16-15-29-22-30(42-24-28-13-10-25(3)11-14-28)18-20-38(29,6)32(31)19-21-39(33,36)7/h10-11,13-14,26-27,29-36H,8-9,12,15-24H2,1-7H3/t26-,27+,29+,30-,31+,32-,33-,34+,35-,36-,38-,39-/m0/s1. The van der Waals surface area contributed by atoms with Crippen LogP contribution < -0.4 is 0 Å².